The highest BCUT2D eigenvalue weighted by Crippen LogP contribution is 2.66. The zero-order chi connectivity index (χ0) is 22.6. The van der Waals surface area contributed by atoms with Crippen LogP contribution in [-0.2, 0) is 28.7 Å². The summed E-state index contributed by atoms with van der Waals surface area (Å²) in [5.74, 6) is 1.07. The molecule has 0 unspecified atom stereocenters. The number of rotatable bonds is 4. The molecule has 0 amide bonds. The van der Waals surface area contributed by atoms with E-state index >= 15 is 0 Å². The van der Waals surface area contributed by atoms with E-state index in [-0.39, 0.29) is 29.1 Å². The molecular formula is C25H36O6. The van der Waals surface area contributed by atoms with Gasteiger partial charge in [-0.15, -0.1) is 0 Å². The number of carbonyl (C=O) groups excluding carboxylic acids is 4. The van der Waals surface area contributed by atoms with Gasteiger partial charge in [0, 0.05) is 25.7 Å². The predicted molar refractivity (Wildman–Crippen MR) is 113 cm³/mol. The van der Waals surface area contributed by atoms with Crippen molar-refractivity contribution in [1.82, 2.24) is 0 Å². The second kappa shape index (κ2) is 7.70. The van der Waals surface area contributed by atoms with Crippen molar-refractivity contribution in [3.63, 3.8) is 0 Å². The Hall–Kier alpha value is -1.72. The fraction of sp³-hybridized carbons (Fsp3) is 0.840. The quantitative estimate of drug-likeness (QED) is 0.623. The third-order valence-electron chi connectivity index (χ3n) is 9.67. The molecule has 0 aromatic rings. The molecule has 4 saturated carbocycles. The summed E-state index contributed by atoms with van der Waals surface area (Å²) in [6.45, 7) is 6.82. The van der Waals surface area contributed by atoms with E-state index in [2.05, 4.69) is 13.8 Å². The van der Waals surface area contributed by atoms with E-state index < -0.39 is 17.5 Å². The number of esters is 2. The van der Waals surface area contributed by atoms with Gasteiger partial charge in [-0.05, 0) is 80.5 Å². The van der Waals surface area contributed by atoms with Crippen LogP contribution in [0.1, 0.15) is 85.5 Å². The second-order valence-electron chi connectivity index (χ2n) is 11.1. The fourth-order valence-corrected chi connectivity index (χ4v) is 7.98. The number of hydrogen-bond acceptors (Lipinski definition) is 6. The molecule has 0 aromatic carbocycles. The highest BCUT2D eigenvalue weighted by Gasteiger charge is 2.62. The van der Waals surface area contributed by atoms with Gasteiger partial charge in [-0.2, -0.15) is 0 Å². The zero-order valence-electron chi connectivity index (χ0n) is 19.3. The summed E-state index contributed by atoms with van der Waals surface area (Å²) in [4.78, 5) is 48.8. The first-order chi connectivity index (χ1) is 14.5. The van der Waals surface area contributed by atoms with Crippen LogP contribution in [0.15, 0.2) is 0 Å². The van der Waals surface area contributed by atoms with Gasteiger partial charge in [0.05, 0.1) is 0 Å². The molecule has 4 fully saturated rings. The lowest BCUT2D eigenvalue weighted by atomic mass is 9.44. The number of carbonyl (C=O) groups is 4. The molecule has 4 aliphatic rings. The van der Waals surface area contributed by atoms with Crippen molar-refractivity contribution in [2.24, 2.45) is 34.5 Å². The Labute approximate surface area is 184 Å². The van der Waals surface area contributed by atoms with Crippen molar-refractivity contribution >= 4 is 23.5 Å². The standard InChI is InChI=1S/C25H36O6/c1-15(26)30-14-22(29)25(31-16(2)27)12-11-23(3)17(13-25)5-6-18-19-7-8-21(28)24(19,4)10-9-20(18)23/h17-20H,5-14H2,1-4H3/t17-,18+,19+,20+,23-,24+,25-/m0/s1. The number of Topliss-reactive ketones (excluding diaryl/α,β-unsaturated/α-hetero) is 2. The lowest BCUT2D eigenvalue weighted by Gasteiger charge is -2.61. The first-order valence-corrected chi connectivity index (χ1v) is 11.9. The van der Waals surface area contributed by atoms with Crippen LogP contribution in [-0.4, -0.2) is 35.7 Å². The SMILES string of the molecule is CC(=O)OCC(=O)[C@]1(OC(C)=O)CC[C@@]2(C)[C@@H](CC[C@H]3[C@H]2CC[C@@]2(C)C(=O)CC[C@H]32)C1. The Morgan fingerprint density at radius 1 is 0.935 bits per heavy atom. The molecule has 0 saturated heterocycles. The second-order valence-corrected chi connectivity index (χ2v) is 11.1. The first kappa shape index (κ1) is 22.5. The summed E-state index contributed by atoms with van der Waals surface area (Å²) >= 11 is 0. The van der Waals surface area contributed by atoms with Gasteiger partial charge in [0.25, 0.3) is 0 Å². The van der Waals surface area contributed by atoms with Crippen molar-refractivity contribution in [2.45, 2.75) is 91.1 Å². The highest BCUT2D eigenvalue weighted by atomic mass is 16.6. The maximum atomic E-state index is 13.1. The fourth-order valence-electron chi connectivity index (χ4n) is 7.98. The van der Waals surface area contributed by atoms with Crippen LogP contribution in [0.3, 0.4) is 0 Å². The molecule has 31 heavy (non-hydrogen) atoms. The molecule has 4 aliphatic carbocycles. The average molecular weight is 433 g/mol. The van der Waals surface area contributed by atoms with Crippen molar-refractivity contribution in [1.29, 1.82) is 0 Å². The Morgan fingerprint density at radius 2 is 1.68 bits per heavy atom. The third-order valence-corrected chi connectivity index (χ3v) is 9.67. The molecule has 172 valence electrons. The summed E-state index contributed by atoms with van der Waals surface area (Å²) in [6.07, 6.45) is 7.65. The molecular weight excluding hydrogens is 396 g/mol. The lowest BCUT2D eigenvalue weighted by Crippen LogP contribution is -2.59. The average Bonchev–Trinajstić information content (AvgIpc) is 3.01. The Morgan fingerprint density at radius 3 is 2.35 bits per heavy atom. The molecule has 0 aliphatic heterocycles. The van der Waals surface area contributed by atoms with E-state index in [1.165, 1.54) is 13.8 Å². The van der Waals surface area contributed by atoms with Gasteiger partial charge < -0.3 is 9.47 Å². The third kappa shape index (κ3) is 3.54. The highest BCUT2D eigenvalue weighted by molar-refractivity contribution is 5.91. The van der Waals surface area contributed by atoms with Crippen LogP contribution in [0.4, 0.5) is 0 Å². The summed E-state index contributed by atoms with van der Waals surface area (Å²) in [5, 5.41) is 0. The Kier molecular flexibility index (Phi) is 5.58. The topological polar surface area (TPSA) is 86.7 Å². The minimum absolute atomic E-state index is 0.0846. The smallest absolute Gasteiger partial charge is 0.303 e. The van der Waals surface area contributed by atoms with Gasteiger partial charge >= 0.3 is 11.9 Å². The largest absolute Gasteiger partial charge is 0.458 e. The maximum absolute atomic E-state index is 13.1. The molecule has 6 nitrogen and oxygen atoms in total. The van der Waals surface area contributed by atoms with Gasteiger partial charge in [0.1, 0.15) is 5.78 Å². The van der Waals surface area contributed by atoms with Crippen LogP contribution in [0.25, 0.3) is 0 Å². The molecule has 7 atom stereocenters. The van der Waals surface area contributed by atoms with Crippen molar-refractivity contribution < 1.29 is 28.7 Å². The molecule has 0 N–H and O–H groups in total. The molecule has 0 aromatic heterocycles. The Bertz CT molecular complexity index is 804. The van der Waals surface area contributed by atoms with Gasteiger partial charge in [0.15, 0.2) is 12.2 Å². The Balaban J connectivity index is 1.56. The minimum Gasteiger partial charge on any atom is -0.458 e. The zero-order valence-corrected chi connectivity index (χ0v) is 19.3. The van der Waals surface area contributed by atoms with Gasteiger partial charge in [-0.3, -0.25) is 19.2 Å². The summed E-state index contributed by atoms with van der Waals surface area (Å²) < 4.78 is 10.6. The van der Waals surface area contributed by atoms with E-state index in [1.54, 1.807) is 0 Å². The molecule has 0 spiro atoms. The molecule has 4 rings (SSSR count). The summed E-state index contributed by atoms with van der Waals surface area (Å²) in [6, 6.07) is 0. The molecule has 0 heterocycles. The van der Waals surface area contributed by atoms with Gasteiger partial charge in [-0.1, -0.05) is 13.8 Å². The van der Waals surface area contributed by atoms with Crippen LogP contribution in [0.2, 0.25) is 0 Å². The summed E-state index contributed by atoms with van der Waals surface area (Å²) in [5.41, 5.74) is -1.24. The predicted octanol–water partition coefficient (Wildman–Crippen LogP) is 4.03. The van der Waals surface area contributed by atoms with Crippen LogP contribution in [0, 0.1) is 34.5 Å². The molecule has 0 bridgehead atoms. The number of hydrogen-bond donors (Lipinski definition) is 0. The van der Waals surface area contributed by atoms with Gasteiger partial charge in [0.2, 0.25) is 5.78 Å². The number of ether oxygens (including phenoxy) is 2. The lowest BCUT2D eigenvalue weighted by molar-refractivity contribution is -0.189. The van der Waals surface area contributed by atoms with E-state index in [4.69, 9.17) is 9.47 Å². The van der Waals surface area contributed by atoms with E-state index in [0.29, 0.717) is 36.4 Å². The minimum atomic E-state index is -1.19. The van der Waals surface area contributed by atoms with Crippen LogP contribution < -0.4 is 0 Å². The van der Waals surface area contributed by atoms with E-state index in [0.717, 1.165) is 44.9 Å². The normalized spacial score (nSPS) is 43.9. The van der Waals surface area contributed by atoms with E-state index in [1.807, 2.05) is 0 Å². The molecule has 0 radical (unpaired) electrons. The van der Waals surface area contributed by atoms with Gasteiger partial charge in [-0.25, -0.2) is 0 Å². The number of fused-ring (bicyclic) bond motifs is 5. The van der Waals surface area contributed by atoms with E-state index in [9.17, 15) is 19.2 Å². The van der Waals surface area contributed by atoms with Crippen LogP contribution >= 0.6 is 0 Å². The van der Waals surface area contributed by atoms with Crippen molar-refractivity contribution in [2.75, 3.05) is 6.61 Å². The van der Waals surface area contributed by atoms with Crippen molar-refractivity contribution in [3.8, 4) is 0 Å². The van der Waals surface area contributed by atoms with Crippen LogP contribution in [0.5, 0.6) is 0 Å². The maximum Gasteiger partial charge on any atom is 0.303 e. The monoisotopic (exact) mass is 432 g/mol. The number of ketones is 2. The summed E-state index contributed by atoms with van der Waals surface area (Å²) in [7, 11) is 0. The molecule has 6 heteroatoms. The van der Waals surface area contributed by atoms with Crippen molar-refractivity contribution in [3.05, 3.63) is 0 Å². The first-order valence-electron chi connectivity index (χ1n) is 11.9.